The number of methoxy groups -OCH3 is 1. The molecule has 1 aliphatic rings. The van der Waals surface area contributed by atoms with Crippen LogP contribution in [0.25, 0.3) is 0 Å². The number of aromatic nitrogens is 2. The van der Waals surface area contributed by atoms with Gasteiger partial charge < -0.3 is 19.9 Å². The fraction of sp³-hybridized carbons (Fsp3) is 0.182. The molecule has 0 saturated carbocycles. The lowest BCUT2D eigenvalue weighted by molar-refractivity contribution is 0.284. The molecule has 3 aromatic rings. The summed E-state index contributed by atoms with van der Waals surface area (Å²) in [6.45, 7) is 2.04. The van der Waals surface area contributed by atoms with Crippen molar-refractivity contribution in [1.29, 1.82) is 5.26 Å². The number of nitrogens with one attached hydrogen (secondary N) is 1. The molecular weight excluding hydrogens is 387 g/mol. The molecule has 0 amide bonds. The molecule has 0 bridgehead atoms. The molecule has 152 valence electrons. The first-order chi connectivity index (χ1) is 14.5. The molecule has 1 aliphatic heterocycles. The summed E-state index contributed by atoms with van der Waals surface area (Å²) in [7, 11) is 1.53. The molecule has 8 heteroatoms. The molecule has 0 aliphatic carbocycles. The summed E-state index contributed by atoms with van der Waals surface area (Å²) in [5.74, 6) is 0.568. The molecule has 2 aromatic carbocycles. The summed E-state index contributed by atoms with van der Waals surface area (Å²) in [5, 5.41) is 16.7. The summed E-state index contributed by atoms with van der Waals surface area (Å²) in [6, 6.07) is 13.7. The highest BCUT2D eigenvalue weighted by Crippen LogP contribution is 2.44. The number of nitriles is 1. The number of fused-ring (bicyclic) bond motifs is 1. The fourth-order valence-corrected chi connectivity index (χ4v) is 3.50. The normalized spacial score (nSPS) is 15.2. The predicted molar refractivity (Wildman–Crippen MR) is 106 cm³/mol. The molecule has 1 unspecified atom stereocenters. The topological polar surface area (TPSA) is 106 Å². The summed E-state index contributed by atoms with van der Waals surface area (Å²) < 4.78 is 30.2. The number of ether oxygens (including phenoxy) is 3. The van der Waals surface area contributed by atoms with E-state index >= 15 is 0 Å². The number of aromatic amines is 1. The quantitative estimate of drug-likeness (QED) is 0.670. The minimum atomic E-state index is -0.455. The van der Waals surface area contributed by atoms with Crippen LogP contribution in [0.3, 0.4) is 0 Å². The van der Waals surface area contributed by atoms with E-state index < -0.39 is 5.92 Å². The maximum absolute atomic E-state index is 13.4. The van der Waals surface area contributed by atoms with E-state index in [1.807, 2.05) is 13.0 Å². The van der Waals surface area contributed by atoms with Crippen LogP contribution < -0.4 is 19.9 Å². The van der Waals surface area contributed by atoms with Crippen molar-refractivity contribution in [3.63, 3.8) is 0 Å². The molecular formula is C22H19FN4O3. The van der Waals surface area contributed by atoms with Crippen LogP contribution >= 0.6 is 0 Å². The van der Waals surface area contributed by atoms with Gasteiger partial charge in [0.2, 0.25) is 11.8 Å². The van der Waals surface area contributed by atoms with Gasteiger partial charge in [0.25, 0.3) is 0 Å². The molecule has 0 fully saturated rings. The number of halogens is 1. The second-order valence-electron chi connectivity index (χ2n) is 6.82. The number of benzene rings is 2. The van der Waals surface area contributed by atoms with E-state index in [2.05, 4.69) is 16.3 Å². The van der Waals surface area contributed by atoms with Crippen molar-refractivity contribution in [1.82, 2.24) is 10.2 Å². The van der Waals surface area contributed by atoms with Gasteiger partial charge in [-0.3, -0.25) is 5.10 Å². The van der Waals surface area contributed by atoms with Crippen LogP contribution in [0.4, 0.5) is 4.39 Å². The van der Waals surface area contributed by atoms with Crippen LogP contribution in [-0.2, 0) is 6.61 Å². The Labute approximate surface area is 172 Å². The molecule has 3 N–H and O–H groups in total. The number of allylic oxidation sites excluding steroid dienone is 1. The Bertz CT molecular complexity index is 1180. The van der Waals surface area contributed by atoms with Crippen molar-refractivity contribution in [2.45, 2.75) is 19.4 Å². The van der Waals surface area contributed by atoms with Crippen LogP contribution in [-0.4, -0.2) is 17.3 Å². The van der Waals surface area contributed by atoms with E-state index in [0.29, 0.717) is 28.5 Å². The monoisotopic (exact) mass is 406 g/mol. The molecule has 1 aromatic heterocycles. The number of aryl methyl sites for hydroxylation is 1. The maximum atomic E-state index is 13.4. The Kier molecular flexibility index (Phi) is 5.02. The predicted octanol–water partition coefficient (Wildman–Crippen LogP) is 3.66. The lowest BCUT2D eigenvalue weighted by Gasteiger charge is -2.24. The minimum absolute atomic E-state index is 0.0203. The van der Waals surface area contributed by atoms with Gasteiger partial charge >= 0.3 is 0 Å². The van der Waals surface area contributed by atoms with Crippen molar-refractivity contribution in [3.05, 3.63) is 82.1 Å². The van der Waals surface area contributed by atoms with E-state index in [1.165, 1.54) is 19.2 Å². The Hall–Kier alpha value is -3.99. The van der Waals surface area contributed by atoms with Crippen LogP contribution in [0.5, 0.6) is 17.4 Å². The third kappa shape index (κ3) is 3.42. The van der Waals surface area contributed by atoms with Crippen molar-refractivity contribution >= 4 is 0 Å². The first-order valence-electron chi connectivity index (χ1n) is 9.19. The molecule has 4 rings (SSSR count). The van der Waals surface area contributed by atoms with Gasteiger partial charge in [0.05, 0.1) is 13.0 Å². The molecule has 0 radical (unpaired) electrons. The first kappa shape index (κ1) is 19.3. The number of H-pyrrole nitrogens is 1. The van der Waals surface area contributed by atoms with Gasteiger partial charge in [-0.05, 0) is 42.3 Å². The zero-order valence-electron chi connectivity index (χ0n) is 16.4. The average Bonchev–Trinajstić information content (AvgIpc) is 3.11. The third-order valence-corrected chi connectivity index (χ3v) is 4.93. The smallest absolute Gasteiger partial charge is 0.244 e. The van der Waals surface area contributed by atoms with Crippen LogP contribution in [0.1, 0.15) is 28.3 Å². The van der Waals surface area contributed by atoms with Crippen LogP contribution in [0.15, 0.2) is 53.9 Å². The van der Waals surface area contributed by atoms with E-state index in [0.717, 1.165) is 16.8 Å². The highest BCUT2D eigenvalue weighted by molar-refractivity contribution is 5.57. The Morgan fingerprint density at radius 2 is 2.10 bits per heavy atom. The summed E-state index contributed by atoms with van der Waals surface area (Å²) in [6.07, 6.45) is 0. The molecule has 2 heterocycles. The van der Waals surface area contributed by atoms with Gasteiger partial charge in [-0.2, -0.15) is 5.26 Å². The SMILES string of the molecule is COc1cc(C2C(C#N)=C(N)Oc3n[nH]c(C)c32)ccc1OCc1cccc(F)c1. The lowest BCUT2D eigenvalue weighted by Crippen LogP contribution is -2.21. The maximum Gasteiger partial charge on any atom is 0.244 e. The average molecular weight is 406 g/mol. The first-order valence-corrected chi connectivity index (χ1v) is 9.19. The van der Waals surface area contributed by atoms with Crippen LogP contribution in [0.2, 0.25) is 0 Å². The molecule has 30 heavy (non-hydrogen) atoms. The largest absolute Gasteiger partial charge is 0.493 e. The van der Waals surface area contributed by atoms with Crippen molar-refractivity contribution in [2.24, 2.45) is 5.73 Å². The summed E-state index contributed by atoms with van der Waals surface area (Å²) >= 11 is 0. The van der Waals surface area contributed by atoms with Crippen molar-refractivity contribution in [2.75, 3.05) is 7.11 Å². The highest BCUT2D eigenvalue weighted by Gasteiger charge is 2.34. The fourth-order valence-electron chi connectivity index (χ4n) is 3.50. The molecule has 7 nitrogen and oxygen atoms in total. The second kappa shape index (κ2) is 7.79. The standard InChI is InChI=1S/C22H19FN4O3/c1-12-19-20(16(10-24)21(25)30-22(19)27-26-12)14-6-7-17(18(9-14)28-2)29-11-13-4-3-5-15(23)8-13/h3-9,20H,11,25H2,1-2H3,(H,26,27). The number of hydrogen-bond donors (Lipinski definition) is 2. The van der Waals surface area contributed by atoms with Gasteiger partial charge in [-0.15, -0.1) is 5.10 Å². The van der Waals surface area contributed by atoms with Gasteiger partial charge in [0.1, 0.15) is 24.1 Å². The van der Waals surface area contributed by atoms with Gasteiger partial charge in [-0.25, -0.2) is 4.39 Å². The van der Waals surface area contributed by atoms with E-state index in [4.69, 9.17) is 19.9 Å². The molecule has 0 spiro atoms. The zero-order valence-corrected chi connectivity index (χ0v) is 16.4. The van der Waals surface area contributed by atoms with Gasteiger partial charge in [0, 0.05) is 11.3 Å². The zero-order chi connectivity index (χ0) is 21.3. The van der Waals surface area contributed by atoms with Crippen molar-refractivity contribution in [3.8, 4) is 23.4 Å². The van der Waals surface area contributed by atoms with Crippen LogP contribution in [0, 0.1) is 24.1 Å². The third-order valence-electron chi connectivity index (χ3n) is 4.93. The number of nitrogens with zero attached hydrogens (tertiary/aromatic N) is 2. The molecule has 1 atom stereocenters. The Morgan fingerprint density at radius 3 is 2.83 bits per heavy atom. The lowest BCUT2D eigenvalue weighted by atomic mass is 9.84. The highest BCUT2D eigenvalue weighted by atomic mass is 19.1. The minimum Gasteiger partial charge on any atom is -0.493 e. The van der Waals surface area contributed by atoms with Gasteiger partial charge in [-0.1, -0.05) is 18.2 Å². The number of nitrogens with two attached hydrogens (primary N) is 1. The number of hydrogen-bond acceptors (Lipinski definition) is 6. The molecule has 0 saturated heterocycles. The second-order valence-corrected chi connectivity index (χ2v) is 6.82. The van der Waals surface area contributed by atoms with Gasteiger partial charge in [0.15, 0.2) is 11.5 Å². The van der Waals surface area contributed by atoms with E-state index in [-0.39, 0.29) is 18.3 Å². The Morgan fingerprint density at radius 1 is 1.27 bits per heavy atom. The van der Waals surface area contributed by atoms with Crippen molar-refractivity contribution < 1.29 is 18.6 Å². The summed E-state index contributed by atoms with van der Waals surface area (Å²) in [4.78, 5) is 0. The van der Waals surface area contributed by atoms with E-state index in [1.54, 1.807) is 24.3 Å². The summed E-state index contributed by atoms with van der Waals surface area (Å²) in [5.41, 5.74) is 9.26. The van der Waals surface area contributed by atoms with E-state index in [9.17, 15) is 9.65 Å². The number of rotatable bonds is 5. The Balaban J connectivity index is 1.69.